The van der Waals surface area contributed by atoms with E-state index in [2.05, 4.69) is 0 Å². The standard InChI is InChI=1S/C14H10Cl2O/c15-12-8-6-11(7-9-12)13(14(16)17)10-4-2-1-3-5-10/h1-9,13H. The van der Waals surface area contributed by atoms with E-state index in [1.54, 1.807) is 12.1 Å². The van der Waals surface area contributed by atoms with Crippen molar-refractivity contribution in [2.45, 2.75) is 5.92 Å². The quantitative estimate of drug-likeness (QED) is 0.759. The van der Waals surface area contributed by atoms with Gasteiger partial charge in [0.15, 0.2) is 0 Å². The average Bonchev–Trinajstić information content (AvgIpc) is 2.33. The summed E-state index contributed by atoms with van der Waals surface area (Å²) in [6.07, 6.45) is 0. The van der Waals surface area contributed by atoms with Crippen molar-refractivity contribution in [3.05, 3.63) is 70.7 Å². The number of benzene rings is 2. The molecular weight excluding hydrogens is 255 g/mol. The maximum Gasteiger partial charge on any atom is 0.233 e. The van der Waals surface area contributed by atoms with Gasteiger partial charge in [0.1, 0.15) is 0 Å². The van der Waals surface area contributed by atoms with E-state index < -0.39 is 11.2 Å². The minimum absolute atomic E-state index is 0.390. The van der Waals surface area contributed by atoms with Crippen molar-refractivity contribution in [1.29, 1.82) is 0 Å². The van der Waals surface area contributed by atoms with Crippen molar-refractivity contribution >= 4 is 28.4 Å². The number of carbonyl (C=O) groups excluding carboxylic acids is 1. The van der Waals surface area contributed by atoms with E-state index in [4.69, 9.17) is 23.2 Å². The third-order valence-electron chi connectivity index (χ3n) is 2.56. The fourth-order valence-corrected chi connectivity index (χ4v) is 2.13. The van der Waals surface area contributed by atoms with Crippen molar-refractivity contribution < 1.29 is 4.79 Å². The monoisotopic (exact) mass is 264 g/mol. The van der Waals surface area contributed by atoms with Gasteiger partial charge in [0.25, 0.3) is 0 Å². The van der Waals surface area contributed by atoms with Crippen LogP contribution in [0.5, 0.6) is 0 Å². The lowest BCUT2D eigenvalue weighted by Gasteiger charge is -2.13. The second-order valence-corrected chi connectivity index (χ2v) is 4.51. The van der Waals surface area contributed by atoms with Gasteiger partial charge in [0, 0.05) is 5.02 Å². The number of hydrogen-bond acceptors (Lipinski definition) is 1. The van der Waals surface area contributed by atoms with E-state index in [-0.39, 0.29) is 0 Å². The molecule has 0 radical (unpaired) electrons. The molecule has 0 heterocycles. The summed E-state index contributed by atoms with van der Waals surface area (Å²) in [6, 6.07) is 16.6. The smallest absolute Gasteiger partial charge is 0.233 e. The van der Waals surface area contributed by atoms with Crippen LogP contribution in [-0.2, 0) is 4.79 Å². The summed E-state index contributed by atoms with van der Waals surface area (Å²) in [6.45, 7) is 0. The molecule has 0 amide bonds. The van der Waals surface area contributed by atoms with Crippen LogP contribution >= 0.6 is 23.2 Å². The van der Waals surface area contributed by atoms with E-state index in [9.17, 15) is 4.79 Å². The summed E-state index contributed by atoms with van der Waals surface area (Å²) in [5.74, 6) is -0.435. The number of carbonyl (C=O) groups is 1. The van der Waals surface area contributed by atoms with Gasteiger partial charge < -0.3 is 0 Å². The van der Waals surface area contributed by atoms with Crippen molar-refractivity contribution in [1.82, 2.24) is 0 Å². The maximum absolute atomic E-state index is 11.6. The zero-order valence-corrected chi connectivity index (χ0v) is 10.4. The van der Waals surface area contributed by atoms with Gasteiger partial charge >= 0.3 is 0 Å². The fraction of sp³-hybridized carbons (Fsp3) is 0.0714. The second-order valence-electron chi connectivity index (χ2n) is 3.70. The highest BCUT2D eigenvalue weighted by atomic mass is 35.5. The third kappa shape index (κ3) is 2.87. The highest BCUT2D eigenvalue weighted by Gasteiger charge is 2.20. The van der Waals surface area contributed by atoms with Crippen LogP contribution in [0.15, 0.2) is 54.6 Å². The van der Waals surface area contributed by atoms with Crippen molar-refractivity contribution in [3.8, 4) is 0 Å². The molecule has 0 aliphatic carbocycles. The SMILES string of the molecule is O=C(Cl)C(c1ccccc1)c1ccc(Cl)cc1. The molecule has 0 aromatic heterocycles. The predicted octanol–water partition coefficient (Wildman–Crippen LogP) is 4.24. The molecule has 17 heavy (non-hydrogen) atoms. The lowest BCUT2D eigenvalue weighted by atomic mass is 9.92. The van der Waals surface area contributed by atoms with E-state index in [0.717, 1.165) is 11.1 Å². The molecule has 0 fully saturated rings. The molecule has 0 saturated carbocycles. The molecule has 2 aromatic rings. The van der Waals surface area contributed by atoms with Crippen LogP contribution in [0.1, 0.15) is 17.0 Å². The van der Waals surface area contributed by atoms with Crippen molar-refractivity contribution in [2.24, 2.45) is 0 Å². The molecule has 0 aliphatic heterocycles. The van der Waals surface area contributed by atoms with Gasteiger partial charge in [-0.1, -0.05) is 54.1 Å². The Balaban J connectivity index is 2.43. The lowest BCUT2D eigenvalue weighted by Crippen LogP contribution is -2.08. The van der Waals surface area contributed by atoms with Gasteiger partial charge in [0.2, 0.25) is 5.24 Å². The summed E-state index contributed by atoms with van der Waals surface area (Å²) in [7, 11) is 0. The molecule has 1 unspecified atom stereocenters. The summed E-state index contributed by atoms with van der Waals surface area (Å²) in [5, 5.41) is 0.251. The Labute approximate surface area is 110 Å². The highest BCUT2D eigenvalue weighted by Crippen LogP contribution is 2.27. The molecule has 2 rings (SSSR count). The first-order valence-electron chi connectivity index (χ1n) is 5.18. The van der Waals surface area contributed by atoms with Crippen LogP contribution in [0.2, 0.25) is 5.02 Å². The zero-order chi connectivity index (χ0) is 12.3. The fourth-order valence-electron chi connectivity index (χ4n) is 1.76. The van der Waals surface area contributed by atoms with Gasteiger partial charge in [-0.15, -0.1) is 0 Å². The number of hydrogen-bond donors (Lipinski definition) is 0. The topological polar surface area (TPSA) is 17.1 Å². The maximum atomic E-state index is 11.6. The normalized spacial score (nSPS) is 12.1. The van der Waals surface area contributed by atoms with E-state index in [1.165, 1.54) is 0 Å². The van der Waals surface area contributed by atoms with Crippen molar-refractivity contribution in [2.75, 3.05) is 0 Å². The Bertz CT molecular complexity index is 506. The molecule has 86 valence electrons. The van der Waals surface area contributed by atoms with Crippen molar-refractivity contribution in [3.63, 3.8) is 0 Å². The average molecular weight is 265 g/mol. The summed E-state index contributed by atoms with van der Waals surface area (Å²) in [5.41, 5.74) is 1.73. The Morgan fingerprint density at radius 1 is 0.882 bits per heavy atom. The summed E-state index contributed by atoms with van der Waals surface area (Å²) >= 11 is 11.5. The molecule has 0 aliphatic rings. The molecule has 0 saturated heterocycles. The summed E-state index contributed by atoms with van der Waals surface area (Å²) in [4.78, 5) is 11.6. The van der Waals surface area contributed by atoms with Gasteiger partial charge in [0.05, 0.1) is 5.92 Å². The largest absolute Gasteiger partial charge is 0.280 e. The van der Waals surface area contributed by atoms with Gasteiger partial charge in [-0.05, 0) is 34.9 Å². The molecule has 1 nitrogen and oxygen atoms in total. The molecule has 0 spiro atoms. The Kier molecular flexibility index (Phi) is 3.82. The van der Waals surface area contributed by atoms with Gasteiger partial charge in [-0.25, -0.2) is 0 Å². The van der Waals surface area contributed by atoms with Crippen LogP contribution in [-0.4, -0.2) is 5.24 Å². The van der Waals surface area contributed by atoms with Crippen LogP contribution in [0, 0.1) is 0 Å². The minimum atomic E-state index is -0.435. The Morgan fingerprint density at radius 2 is 1.41 bits per heavy atom. The first-order chi connectivity index (χ1) is 8.18. The predicted molar refractivity (Wildman–Crippen MR) is 70.6 cm³/mol. The van der Waals surface area contributed by atoms with Crippen LogP contribution in [0.3, 0.4) is 0 Å². The van der Waals surface area contributed by atoms with E-state index in [1.807, 2.05) is 42.5 Å². The summed E-state index contributed by atoms with van der Waals surface area (Å²) < 4.78 is 0. The van der Waals surface area contributed by atoms with Crippen LogP contribution in [0.4, 0.5) is 0 Å². The minimum Gasteiger partial charge on any atom is -0.280 e. The third-order valence-corrected chi connectivity index (χ3v) is 3.03. The second kappa shape index (κ2) is 5.35. The van der Waals surface area contributed by atoms with Crippen LogP contribution < -0.4 is 0 Å². The first-order valence-corrected chi connectivity index (χ1v) is 5.94. The molecule has 1 atom stereocenters. The lowest BCUT2D eigenvalue weighted by molar-refractivity contribution is -0.112. The van der Waals surface area contributed by atoms with Gasteiger partial charge in [-0.3, -0.25) is 4.79 Å². The van der Waals surface area contributed by atoms with Crippen LogP contribution in [0.25, 0.3) is 0 Å². The first kappa shape index (κ1) is 12.2. The number of rotatable bonds is 3. The van der Waals surface area contributed by atoms with E-state index >= 15 is 0 Å². The number of halogens is 2. The Morgan fingerprint density at radius 3 is 1.94 bits per heavy atom. The van der Waals surface area contributed by atoms with Gasteiger partial charge in [-0.2, -0.15) is 0 Å². The van der Waals surface area contributed by atoms with E-state index in [0.29, 0.717) is 5.02 Å². The molecule has 0 N–H and O–H groups in total. The zero-order valence-electron chi connectivity index (χ0n) is 8.94. The molecule has 2 aromatic carbocycles. The molecular formula is C14H10Cl2O. The molecule has 3 heteroatoms. The molecule has 0 bridgehead atoms. The highest BCUT2D eigenvalue weighted by molar-refractivity contribution is 6.65. The Hall–Kier alpha value is -1.31.